The van der Waals surface area contributed by atoms with E-state index in [0.717, 1.165) is 24.5 Å². The molecule has 0 aliphatic heterocycles. The molecule has 0 aliphatic carbocycles. The van der Waals surface area contributed by atoms with Crippen LogP contribution >= 0.6 is 0 Å². The van der Waals surface area contributed by atoms with E-state index in [1.54, 1.807) is 29.4 Å². The van der Waals surface area contributed by atoms with E-state index in [0.29, 0.717) is 5.56 Å². The zero-order valence-corrected chi connectivity index (χ0v) is 12.9. The summed E-state index contributed by atoms with van der Waals surface area (Å²) in [4.78, 5) is 14.5. The smallest absolute Gasteiger partial charge is 0.340 e. The van der Waals surface area contributed by atoms with Crippen molar-refractivity contribution in [1.82, 2.24) is 14.8 Å². The summed E-state index contributed by atoms with van der Waals surface area (Å²) in [6.07, 6.45) is 4.73. The lowest BCUT2D eigenvalue weighted by molar-refractivity contribution is 0.0550. The SMILES string of the molecule is C=CCOC(=O)c1cc(-n2cnnc2)ccc1N(CC)CC. The molecule has 1 heterocycles. The van der Waals surface area contributed by atoms with E-state index in [9.17, 15) is 4.79 Å². The summed E-state index contributed by atoms with van der Waals surface area (Å²) in [5.74, 6) is -0.364. The van der Waals surface area contributed by atoms with Crippen LogP contribution in [0.3, 0.4) is 0 Å². The highest BCUT2D eigenvalue weighted by Gasteiger charge is 2.17. The second kappa shape index (κ2) is 7.40. The molecular formula is C16H20N4O2. The molecule has 0 spiro atoms. The molecule has 1 aromatic heterocycles. The van der Waals surface area contributed by atoms with Gasteiger partial charge in [-0.15, -0.1) is 10.2 Å². The molecule has 2 rings (SSSR count). The standard InChI is InChI=1S/C16H20N4O2/c1-4-9-22-16(21)14-10-13(20-11-17-18-12-20)7-8-15(14)19(5-2)6-3/h4,7-8,10-12H,1,5-6,9H2,2-3H3. The average molecular weight is 300 g/mol. The third-order valence-corrected chi connectivity index (χ3v) is 3.35. The van der Waals surface area contributed by atoms with Gasteiger partial charge in [-0.1, -0.05) is 12.7 Å². The lowest BCUT2D eigenvalue weighted by Gasteiger charge is -2.24. The highest BCUT2D eigenvalue weighted by molar-refractivity contribution is 5.96. The second-order valence-corrected chi connectivity index (χ2v) is 4.63. The van der Waals surface area contributed by atoms with Gasteiger partial charge in [-0.25, -0.2) is 4.79 Å². The lowest BCUT2D eigenvalue weighted by atomic mass is 10.1. The van der Waals surface area contributed by atoms with E-state index in [1.165, 1.54) is 0 Å². The number of hydrogen-bond donors (Lipinski definition) is 0. The maximum Gasteiger partial charge on any atom is 0.340 e. The van der Waals surface area contributed by atoms with Crippen LogP contribution in [0.5, 0.6) is 0 Å². The number of nitrogens with zero attached hydrogens (tertiary/aromatic N) is 4. The normalized spacial score (nSPS) is 10.3. The van der Waals surface area contributed by atoms with Crippen molar-refractivity contribution in [3.05, 3.63) is 49.1 Å². The van der Waals surface area contributed by atoms with E-state index in [2.05, 4.69) is 35.5 Å². The Hall–Kier alpha value is -2.63. The molecule has 2 aromatic rings. The van der Waals surface area contributed by atoms with Crippen LogP contribution in [-0.4, -0.2) is 40.4 Å². The van der Waals surface area contributed by atoms with Gasteiger partial charge in [0.15, 0.2) is 0 Å². The molecule has 22 heavy (non-hydrogen) atoms. The molecule has 0 saturated carbocycles. The van der Waals surface area contributed by atoms with Crippen LogP contribution in [-0.2, 0) is 4.74 Å². The summed E-state index contributed by atoms with van der Waals surface area (Å²) in [5, 5.41) is 7.57. The van der Waals surface area contributed by atoms with Gasteiger partial charge in [0.05, 0.1) is 11.3 Å². The van der Waals surface area contributed by atoms with Gasteiger partial charge in [-0.3, -0.25) is 4.57 Å². The van der Waals surface area contributed by atoms with Crippen molar-refractivity contribution < 1.29 is 9.53 Å². The van der Waals surface area contributed by atoms with Gasteiger partial charge in [0.2, 0.25) is 0 Å². The third kappa shape index (κ3) is 3.33. The Labute approximate surface area is 130 Å². The number of rotatable bonds is 7. The Morgan fingerprint density at radius 1 is 1.32 bits per heavy atom. The fraction of sp³-hybridized carbons (Fsp3) is 0.312. The number of benzene rings is 1. The van der Waals surface area contributed by atoms with Gasteiger partial charge in [0.1, 0.15) is 19.3 Å². The maximum absolute atomic E-state index is 12.3. The molecule has 0 amide bonds. The van der Waals surface area contributed by atoms with Gasteiger partial charge in [-0.2, -0.15) is 0 Å². The summed E-state index contributed by atoms with van der Waals surface area (Å²) in [6.45, 7) is 9.48. The van der Waals surface area contributed by atoms with Gasteiger partial charge in [0.25, 0.3) is 0 Å². The van der Waals surface area contributed by atoms with Crippen LogP contribution < -0.4 is 4.90 Å². The topological polar surface area (TPSA) is 60.3 Å². The van der Waals surface area contributed by atoms with Crippen molar-refractivity contribution in [3.8, 4) is 5.69 Å². The van der Waals surface area contributed by atoms with Crippen molar-refractivity contribution in [2.45, 2.75) is 13.8 Å². The molecule has 6 heteroatoms. The predicted molar refractivity (Wildman–Crippen MR) is 85.4 cm³/mol. The minimum absolute atomic E-state index is 0.188. The Morgan fingerprint density at radius 3 is 2.59 bits per heavy atom. The van der Waals surface area contributed by atoms with E-state index < -0.39 is 0 Å². The van der Waals surface area contributed by atoms with Crippen LogP contribution in [0.4, 0.5) is 5.69 Å². The van der Waals surface area contributed by atoms with E-state index in [4.69, 9.17) is 4.74 Å². The Bertz CT molecular complexity index is 634. The van der Waals surface area contributed by atoms with Crippen LogP contribution in [0.2, 0.25) is 0 Å². The van der Waals surface area contributed by atoms with Crippen molar-refractivity contribution >= 4 is 11.7 Å². The Morgan fingerprint density at radius 2 is 2.00 bits per heavy atom. The highest BCUT2D eigenvalue weighted by Crippen LogP contribution is 2.24. The third-order valence-electron chi connectivity index (χ3n) is 3.35. The first-order valence-corrected chi connectivity index (χ1v) is 7.23. The van der Waals surface area contributed by atoms with Gasteiger partial charge < -0.3 is 9.64 Å². The molecular weight excluding hydrogens is 280 g/mol. The fourth-order valence-corrected chi connectivity index (χ4v) is 2.23. The molecule has 0 fully saturated rings. The molecule has 1 aromatic carbocycles. The van der Waals surface area contributed by atoms with Crippen LogP contribution in [0.15, 0.2) is 43.5 Å². The molecule has 0 N–H and O–H groups in total. The molecule has 116 valence electrons. The number of carbonyl (C=O) groups is 1. The molecule has 0 saturated heterocycles. The van der Waals surface area contributed by atoms with Gasteiger partial charge >= 0.3 is 5.97 Å². The number of ether oxygens (including phenoxy) is 1. The Kier molecular flexibility index (Phi) is 5.30. The average Bonchev–Trinajstić information content (AvgIpc) is 3.08. The number of anilines is 1. The van der Waals surface area contributed by atoms with Gasteiger partial charge in [0, 0.05) is 18.8 Å². The highest BCUT2D eigenvalue weighted by atomic mass is 16.5. The zero-order valence-electron chi connectivity index (χ0n) is 12.9. The quantitative estimate of drug-likeness (QED) is 0.580. The van der Waals surface area contributed by atoms with Crippen LogP contribution in [0.1, 0.15) is 24.2 Å². The Balaban J connectivity index is 2.45. The summed E-state index contributed by atoms with van der Waals surface area (Å²) in [6, 6.07) is 5.65. The van der Waals surface area contributed by atoms with Crippen LogP contribution in [0.25, 0.3) is 5.69 Å². The zero-order chi connectivity index (χ0) is 15.9. The molecule has 0 radical (unpaired) electrons. The second-order valence-electron chi connectivity index (χ2n) is 4.63. The van der Waals surface area contributed by atoms with E-state index in [-0.39, 0.29) is 12.6 Å². The minimum atomic E-state index is -0.364. The first kappa shape index (κ1) is 15.8. The summed E-state index contributed by atoms with van der Waals surface area (Å²) >= 11 is 0. The lowest BCUT2D eigenvalue weighted by Crippen LogP contribution is -2.24. The van der Waals surface area contributed by atoms with Crippen molar-refractivity contribution in [2.24, 2.45) is 0 Å². The van der Waals surface area contributed by atoms with E-state index in [1.807, 2.05) is 12.1 Å². The largest absolute Gasteiger partial charge is 0.458 e. The van der Waals surface area contributed by atoms with Crippen molar-refractivity contribution in [3.63, 3.8) is 0 Å². The maximum atomic E-state index is 12.3. The predicted octanol–water partition coefficient (Wildman–Crippen LogP) is 2.46. The molecule has 0 aliphatic rings. The first-order valence-electron chi connectivity index (χ1n) is 7.23. The summed E-state index contributed by atoms with van der Waals surface area (Å²) < 4.78 is 6.95. The number of esters is 1. The fourth-order valence-electron chi connectivity index (χ4n) is 2.23. The molecule has 0 unspecified atom stereocenters. The van der Waals surface area contributed by atoms with Crippen LogP contribution in [0, 0.1) is 0 Å². The minimum Gasteiger partial charge on any atom is -0.458 e. The summed E-state index contributed by atoms with van der Waals surface area (Å²) in [7, 11) is 0. The first-order chi connectivity index (χ1) is 10.7. The monoisotopic (exact) mass is 300 g/mol. The molecule has 0 bridgehead atoms. The van der Waals surface area contributed by atoms with Gasteiger partial charge in [-0.05, 0) is 32.0 Å². The number of hydrogen-bond acceptors (Lipinski definition) is 5. The molecule has 6 nitrogen and oxygen atoms in total. The van der Waals surface area contributed by atoms with Crippen molar-refractivity contribution in [2.75, 3.05) is 24.6 Å². The number of aromatic nitrogens is 3. The number of carbonyl (C=O) groups excluding carboxylic acids is 1. The van der Waals surface area contributed by atoms with E-state index >= 15 is 0 Å². The summed E-state index contributed by atoms with van der Waals surface area (Å²) in [5.41, 5.74) is 2.19. The molecule has 0 atom stereocenters. The van der Waals surface area contributed by atoms with Crippen molar-refractivity contribution in [1.29, 1.82) is 0 Å².